The Labute approximate surface area is 194 Å². The molecule has 2 aromatic carbocycles. The number of benzene rings is 2. The van der Waals surface area contributed by atoms with Gasteiger partial charge in [-0.1, -0.05) is 36.0 Å². The number of allylic oxidation sites excluding steroid dienone is 1. The quantitative estimate of drug-likeness (QED) is 0.203. The maximum absolute atomic E-state index is 12.4. The number of nitrogens with zero attached hydrogens (tertiary/aromatic N) is 4. The first kappa shape index (κ1) is 23.7. The monoisotopic (exact) mass is 466 g/mol. The summed E-state index contributed by atoms with van der Waals surface area (Å²) in [5.41, 5.74) is 1.60. The molecule has 0 aliphatic rings. The van der Waals surface area contributed by atoms with Gasteiger partial charge in [-0.15, -0.1) is 16.8 Å². The fraction of sp³-hybridized carbons (Fsp3) is 0.182. The summed E-state index contributed by atoms with van der Waals surface area (Å²) in [6.45, 7) is 6.01. The number of hydrogen-bond acceptors (Lipinski definition) is 7. The molecule has 0 fully saturated rings. The van der Waals surface area contributed by atoms with Gasteiger partial charge in [0.25, 0.3) is 11.6 Å². The molecule has 2 N–H and O–H groups in total. The summed E-state index contributed by atoms with van der Waals surface area (Å²) in [5, 5.41) is 25.2. The Hall–Kier alpha value is -3.99. The molecular weight excluding hydrogens is 444 g/mol. The number of anilines is 1. The smallest absolute Gasteiger partial charge is 0.269 e. The van der Waals surface area contributed by atoms with E-state index in [1.807, 2.05) is 6.07 Å². The number of carbonyl (C=O) groups excluding carboxylic acids is 2. The van der Waals surface area contributed by atoms with Crippen molar-refractivity contribution >= 4 is 35.0 Å². The van der Waals surface area contributed by atoms with E-state index in [1.54, 1.807) is 41.8 Å². The first-order valence-corrected chi connectivity index (χ1v) is 10.9. The van der Waals surface area contributed by atoms with Crippen molar-refractivity contribution in [3.05, 3.63) is 88.3 Å². The third-order valence-electron chi connectivity index (χ3n) is 4.58. The molecular formula is C22H22N6O4S. The molecule has 0 aliphatic carbocycles. The second kappa shape index (κ2) is 11.0. The molecule has 1 aromatic heterocycles. The van der Waals surface area contributed by atoms with E-state index in [-0.39, 0.29) is 29.8 Å². The van der Waals surface area contributed by atoms with E-state index >= 15 is 0 Å². The zero-order valence-corrected chi connectivity index (χ0v) is 18.7. The summed E-state index contributed by atoms with van der Waals surface area (Å²) in [7, 11) is 0. The molecule has 3 rings (SSSR count). The van der Waals surface area contributed by atoms with E-state index in [4.69, 9.17) is 0 Å². The fourth-order valence-corrected chi connectivity index (χ4v) is 3.70. The Morgan fingerprint density at radius 2 is 1.97 bits per heavy atom. The van der Waals surface area contributed by atoms with Crippen LogP contribution in [-0.2, 0) is 17.9 Å². The second-order valence-electron chi connectivity index (χ2n) is 6.94. The van der Waals surface area contributed by atoms with E-state index < -0.39 is 4.92 Å². The number of nitro benzene ring substituents is 1. The SMILES string of the molecule is C=CCn1c(CNC(=O)c2ccccc2)nnc1SCC(=O)Nc1ccc([N+](=O)[O-])cc1C. The zero-order valence-electron chi connectivity index (χ0n) is 17.9. The lowest BCUT2D eigenvalue weighted by molar-refractivity contribution is -0.384. The average molecular weight is 467 g/mol. The van der Waals surface area contributed by atoms with Gasteiger partial charge < -0.3 is 15.2 Å². The Balaban J connectivity index is 1.61. The van der Waals surface area contributed by atoms with E-state index in [1.165, 1.54) is 30.0 Å². The van der Waals surface area contributed by atoms with Crippen LogP contribution in [0.4, 0.5) is 11.4 Å². The van der Waals surface area contributed by atoms with Gasteiger partial charge in [-0.25, -0.2) is 0 Å². The molecule has 0 spiro atoms. The highest BCUT2D eigenvalue weighted by Gasteiger charge is 2.16. The lowest BCUT2D eigenvalue weighted by Gasteiger charge is -2.10. The molecule has 33 heavy (non-hydrogen) atoms. The standard InChI is InChI=1S/C22H22N6O4S/c1-3-11-27-19(13-23-21(30)16-7-5-4-6-8-16)25-26-22(27)33-14-20(29)24-18-10-9-17(28(31)32)12-15(18)2/h3-10,12H,1,11,13-14H2,2H3,(H,23,30)(H,24,29). The van der Waals surface area contributed by atoms with Crippen molar-refractivity contribution in [3.8, 4) is 0 Å². The molecule has 3 aromatic rings. The van der Waals surface area contributed by atoms with Gasteiger partial charge in [0.1, 0.15) is 0 Å². The molecule has 10 nitrogen and oxygen atoms in total. The minimum Gasteiger partial charge on any atom is -0.345 e. The van der Waals surface area contributed by atoms with Crippen molar-refractivity contribution in [1.82, 2.24) is 20.1 Å². The molecule has 0 saturated carbocycles. The van der Waals surface area contributed by atoms with E-state index in [0.29, 0.717) is 34.3 Å². The summed E-state index contributed by atoms with van der Waals surface area (Å²) >= 11 is 1.19. The molecule has 2 amide bonds. The zero-order chi connectivity index (χ0) is 23.8. The topological polar surface area (TPSA) is 132 Å². The molecule has 0 atom stereocenters. The first-order chi connectivity index (χ1) is 15.9. The van der Waals surface area contributed by atoms with Gasteiger partial charge in [0.2, 0.25) is 5.91 Å². The number of rotatable bonds is 10. The van der Waals surface area contributed by atoms with Crippen molar-refractivity contribution in [3.63, 3.8) is 0 Å². The van der Waals surface area contributed by atoms with Crippen molar-refractivity contribution in [2.75, 3.05) is 11.1 Å². The predicted octanol–water partition coefficient (Wildman–Crippen LogP) is 3.34. The third-order valence-corrected chi connectivity index (χ3v) is 5.54. The largest absolute Gasteiger partial charge is 0.345 e. The van der Waals surface area contributed by atoms with Crippen LogP contribution in [0.3, 0.4) is 0 Å². The van der Waals surface area contributed by atoms with Crippen LogP contribution < -0.4 is 10.6 Å². The summed E-state index contributed by atoms with van der Waals surface area (Å²) in [6.07, 6.45) is 1.68. The van der Waals surface area contributed by atoms with Gasteiger partial charge in [0.05, 0.1) is 17.2 Å². The number of aromatic nitrogens is 3. The Kier molecular flexibility index (Phi) is 7.92. The minimum absolute atomic E-state index is 0.0377. The number of carbonyl (C=O) groups is 2. The molecule has 1 heterocycles. The summed E-state index contributed by atoms with van der Waals surface area (Å²) in [5.74, 6) is 0.0790. The number of hydrogen-bond donors (Lipinski definition) is 2. The number of nitro groups is 1. The Morgan fingerprint density at radius 3 is 2.64 bits per heavy atom. The molecule has 0 unspecified atom stereocenters. The third kappa shape index (κ3) is 6.26. The van der Waals surface area contributed by atoms with Gasteiger partial charge in [0.15, 0.2) is 11.0 Å². The lowest BCUT2D eigenvalue weighted by Crippen LogP contribution is -2.24. The molecule has 11 heteroatoms. The van der Waals surface area contributed by atoms with Crippen molar-refractivity contribution < 1.29 is 14.5 Å². The number of aryl methyl sites for hydroxylation is 1. The maximum atomic E-state index is 12.4. The highest BCUT2D eigenvalue weighted by molar-refractivity contribution is 7.99. The van der Waals surface area contributed by atoms with Crippen LogP contribution in [-0.4, -0.2) is 37.3 Å². The van der Waals surface area contributed by atoms with Crippen LogP contribution in [0, 0.1) is 17.0 Å². The van der Waals surface area contributed by atoms with Gasteiger partial charge in [-0.3, -0.25) is 19.7 Å². The number of nitrogens with one attached hydrogen (secondary N) is 2. The van der Waals surface area contributed by atoms with Crippen molar-refractivity contribution in [1.29, 1.82) is 0 Å². The van der Waals surface area contributed by atoms with E-state index in [0.717, 1.165) is 0 Å². The van der Waals surface area contributed by atoms with E-state index in [2.05, 4.69) is 27.4 Å². The number of non-ortho nitro benzene ring substituents is 1. The summed E-state index contributed by atoms with van der Waals surface area (Å²) in [4.78, 5) is 35.1. The van der Waals surface area contributed by atoms with Gasteiger partial charge >= 0.3 is 0 Å². The lowest BCUT2D eigenvalue weighted by atomic mass is 10.2. The number of amides is 2. The van der Waals surface area contributed by atoms with Crippen LogP contribution in [0.15, 0.2) is 66.3 Å². The normalized spacial score (nSPS) is 10.5. The highest BCUT2D eigenvalue weighted by Crippen LogP contribution is 2.22. The maximum Gasteiger partial charge on any atom is 0.269 e. The highest BCUT2D eigenvalue weighted by atomic mass is 32.2. The number of thioether (sulfide) groups is 1. The van der Waals surface area contributed by atoms with Crippen LogP contribution in [0.5, 0.6) is 0 Å². The van der Waals surface area contributed by atoms with Crippen molar-refractivity contribution in [2.45, 2.75) is 25.2 Å². The molecule has 0 bridgehead atoms. The molecule has 0 saturated heterocycles. The van der Waals surface area contributed by atoms with E-state index in [9.17, 15) is 19.7 Å². The van der Waals surface area contributed by atoms with Crippen LogP contribution in [0.1, 0.15) is 21.7 Å². The minimum atomic E-state index is -0.485. The van der Waals surface area contributed by atoms with Crippen LogP contribution in [0.2, 0.25) is 0 Å². The van der Waals surface area contributed by atoms with Gasteiger partial charge in [-0.05, 0) is 30.7 Å². The van der Waals surface area contributed by atoms with Crippen LogP contribution >= 0.6 is 11.8 Å². The Morgan fingerprint density at radius 1 is 1.21 bits per heavy atom. The summed E-state index contributed by atoms with van der Waals surface area (Å²) < 4.78 is 1.77. The second-order valence-corrected chi connectivity index (χ2v) is 7.88. The fourth-order valence-electron chi connectivity index (χ4n) is 2.94. The predicted molar refractivity (Wildman–Crippen MR) is 125 cm³/mol. The molecule has 0 radical (unpaired) electrons. The molecule has 0 aliphatic heterocycles. The average Bonchev–Trinajstić information content (AvgIpc) is 3.19. The molecule has 170 valence electrons. The van der Waals surface area contributed by atoms with Crippen LogP contribution in [0.25, 0.3) is 0 Å². The summed E-state index contributed by atoms with van der Waals surface area (Å²) in [6, 6.07) is 13.1. The Bertz CT molecular complexity index is 1180. The van der Waals surface area contributed by atoms with Gasteiger partial charge in [-0.2, -0.15) is 0 Å². The first-order valence-electron chi connectivity index (χ1n) is 9.93. The van der Waals surface area contributed by atoms with Crippen molar-refractivity contribution in [2.24, 2.45) is 0 Å². The van der Waals surface area contributed by atoms with Gasteiger partial charge in [0, 0.05) is 29.9 Å².